The molecular formula is C15H29NO2. The second-order valence-corrected chi connectivity index (χ2v) is 5.76. The topological polar surface area (TPSA) is 49.3 Å². The van der Waals surface area contributed by atoms with Crippen LogP contribution in [0.15, 0.2) is 0 Å². The normalized spacial score (nSPS) is 18.4. The van der Waals surface area contributed by atoms with E-state index in [0.717, 1.165) is 12.8 Å². The van der Waals surface area contributed by atoms with Gasteiger partial charge in [0.1, 0.15) is 0 Å². The van der Waals surface area contributed by atoms with Gasteiger partial charge in [-0.05, 0) is 31.6 Å². The summed E-state index contributed by atoms with van der Waals surface area (Å²) in [6, 6.07) is 0. The van der Waals surface area contributed by atoms with E-state index in [9.17, 15) is 9.90 Å². The number of aliphatic hydroxyl groups excluding tert-OH is 1. The van der Waals surface area contributed by atoms with E-state index < -0.39 is 5.54 Å². The fourth-order valence-electron chi connectivity index (χ4n) is 2.87. The Kier molecular flexibility index (Phi) is 6.69. The summed E-state index contributed by atoms with van der Waals surface area (Å²) < 4.78 is 0. The molecule has 1 aliphatic carbocycles. The third-order valence-electron chi connectivity index (χ3n) is 4.51. The van der Waals surface area contributed by atoms with Crippen LogP contribution in [0.4, 0.5) is 0 Å². The van der Waals surface area contributed by atoms with E-state index in [1.165, 1.54) is 38.5 Å². The van der Waals surface area contributed by atoms with Gasteiger partial charge in [0, 0.05) is 6.42 Å². The van der Waals surface area contributed by atoms with E-state index >= 15 is 0 Å². The van der Waals surface area contributed by atoms with E-state index in [0.29, 0.717) is 12.3 Å². The lowest BCUT2D eigenvalue weighted by Gasteiger charge is -2.31. The summed E-state index contributed by atoms with van der Waals surface area (Å²) >= 11 is 0. The van der Waals surface area contributed by atoms with Gasteiger partial charge in [0.25, 0.3) is 0 Å². The molecular weight excluding hydrogens is 226 g/mol. The minimum atomic E-state index is -0.401. The van der Waals surface area contributed by atoms with Gasteiger partial charge >= 0.3 is 0 Å². The summed E-state index contributed by atoms with van der Waals surface area (Å²) in [6.45, 7) is 4.08. The SMILES string of the molecule is CCC(CC)(CO)NC(=O)CC1CCCCCC1. The van der Waals surface area contributed by atoms with Crippen molar-refractivity contribution in [1.82, 2.24) is 5.32 Å². The van der Waals surface area contributed by atoms with Crippen molar-refractivity contribution >= 4 is 5.91 Å². The summed E-state index contributed by atoms with van der Waals surface area (Å²) in [4.78, 5) is 12.1. The molecule has 2 N–H and O–H groups in total. The number of carbonyl (C=O) groups is 1. The number of hydrogen-bond acceptors (Lipinski definition) is 2. The average Bonchev–Trinajstić information content (AvgIpc) is 2.65. The summed E-state index contributed by atoms with van der Waals surface area (Å²) in [5, 5.41) is 12.5. The molecule has 0 aromatic rings. The fourth-order valence-corrected chi connectivity index (χ4v) is 2.87. The van der Waals surface area contributed by atoms with E-state index in [-0.39, 0.29) is 12.5 Å². The Labute approximate surface area is 111 Å². The molecule has 0 aliphatic heterocycles. The number of aliphatic hydroxyl groups is 1. The molecule has 0 atom stereocenters. The molecule has 1 rings (SSSR count). The summed E-state index contributed by atoms with van der Waals surface area (Å²) in [5.41, 5.74) is -0.401. The lowest BCUT2D eigenvalue weighted by atomic mass is 9.91. The van der Waals surface area contributed by atoms with Crippen LogP contribution < -0.4 is 5.32 Å². The smallest absolute Gasteiger partial charge is 0.220 e. The predicted molar refractivity (Wildman–Crippen MR) is 74.4 cm³/mol. The zero-order valence-corrected chi connectivity index (χ0v) is 12.0. The minimum absolute atomic E-state index is 0.0381. The maximum absolute atomic E-state index is 12.1. The molecule has 3 nitrogen and oxygen atoms in total. The molecule has 0 saturated heterocycles. The molecule has 0 aromatic carbocycles. The first-order chi connectivity index (χ1) is 8.65. The van der Waals surface area contributed by atoms with Gasteiger partial charge in [-0.1, -0.05) is 39.5 Å². The highest BCUT2D eigenvalue weighted by molar-refractivity contribution is 5.77. The van der Waals surface area contributed by atoms with Gasteiger partial charge in [-0.2, -0.15) is 0 Å². The monoisotopic (exact) mass is 255 g/mol. The van der Waals surface area contributed by atoms with E-state index in [1.807, 2.05) is 13.8 Å². The maximum atomic E-state index is 12.1. The van der Waals surface area contributed by atoms with Crippen molar-refractivity contribution in [3.63, 3.8) is 0 Å². The average molecular weight is 255 g/mol. The highest BCUT2D eigenvalue weighted by atomic mass is 16.3. The quantitative estimate of drug-likeness (QED) is 0.717. The first-order valence-electron chi connectivity index (χ1n) is 7.57. The summed E-state index contributed by atoms with van der Waals surface area (Å²) in [6.07, 6.45) is 9.78. The number of nitrogens with one attached hydrogen (secondary N) is 1. The molecule has 0 unspecified atom stereocenters. The van der Waals surface area contributed by atoms with Gasteiger partial charge < -0.3 is 10.4 Å². The Balaban J connectivity index is 2.43. The van der Waals surface area contributed by atoms with Crippen molar-refractivity contribution in [1.29, 1.82) is 0 Å². The van der Waals surface area contributed by atoms with Gasteiger partial charge in [0.2, 0.25) is 5.91 Å². The Morgan fingerprint density at radius 1 is 1.17 bits per heavy atom. The third kappa shape index (κ3) is 4.60. The summed E-state index contributed by atoms with van der Waals surface area (Å²) in [5.74, 6) is 0.678. The van der Waals surface area contributed by atoms with E-state index in [4.69, 9.17) is 0 Å². The molecule has 0 heterocycles. The zero-order valence-electron chi connectivity index (χ0n) is 12.0. The van der Waals surface area contributed by atoms with Crippen molar-refractivity contribution in [2.75, 3.05) is 6.61 Å². The van der Waals surface area contributed by atoms with Crippen LogP contribution in [0.5, 0.6) is 0 Å². The first-order valence-corrected chi connectivity index (χ1v) is 7.57. The van der Waals surface area contributed by atoms with Gasteiger partial charge in [-0.3, -0.25) is 4.79 Å². The number of amides is 1. The van der Waals surface area contributed by atoms with Crippen molar-refractivity contribution in [3.8, 4) is 0 Å². The molecule has 0 aromatic heterocycles. The molecule has 0 spiro atoms. The first kappa shape index (κ1) is 15.5. The van der Waals surface area contributed by atoms with Gasteiger partial charge in [0.05, 0.1) is 12.1 Å². The molecule has 1 amide bonds. The minimum Gasteiger partial charge on any atom is -0.394 e. The van der Waals surface area contributed by atoms with Crippen molar-refractivity contribution in [3.05, 3.63) is 0 Å². The van der Waals surface area contributed by atoms with Crippen LogP contribution in [0, 0.1) is 5.92 Å². The highest BCUT2D eigenvalue weighted by Gasteiger charge is 2.28. The standard InChI is InChI=1S/C15H29NO2/c1-3-15(4-2,12-17)16-14(18)11-13-9-7-5-6-8-10-13/h13,17H,3-12H2,1-2H3,(H,16,18). The molecule has 1 fully saturated rings. The Morgan fingerprint density at radius 3 is 2.17 bits per heavy atom. The van der Waals surface area contributed by atoms with Crippen LogP contribution in [-0.2, 0) is 4.79 Å². The van der Waals surface area contributed by atoms with Crippen molar-refractivity contribution < 1.29 is 9.90 Å². The molecule has 106 valence electrons. The second-order valence-electron chi connectivity index (χ2n) is 5.76. The molecule has 3 heteroatoms. The van der Waals surface area contributed by atoms with Crippen LogP contribution in [0.1, 0.15) is 71.6 Å². The molecule has 1 aliphatic rings. The molecule has 1 saturated carbocycles. The summed E-state index contributed by atoms with van der Waals surface area (Å²) in [7, 11) is 0. The van der Waals surface area contributed by atoms with Crippen LogP contribution >= 0.6 is 0 Å². The fraction of sp³-hybridized carbons (Fsp3) is 0.933. The van der Waals surface area contributed by atoms with Crippen molar-refractivity contribution in [2.24, 2.45) is 5.92 Å². The van der Waals surface area contributed by atoms with E-state index in [1.54, 1.807) is 0 Å². The Morgan fingerprint density at radius 2 is 1.72 bits per heavy atom. The van der Waals surface area contributed by atoms with Gasteiger partial charge in [0.15, 0.2) is 0 Å². The van der Waals surface area contributed by atoms with Crippen LogP contribution in [-0.4, -0.2) is 23.2 Å². The van der Waals surface area contributed by atoms with E-state index in [2.05, 4.69) is 5.32 Å². The zero-order chi connectivity index (χ0) is 13.4. The lowest BCUT2D eigenvalue weighted by Crippen LogP contribution is -2.50. The molecule has 0 radical (unpaired) electrons. The lowest BCUT2D eigenvalue weighted by molar-refractivity contribution is -0.124. The maximum Gasteiger partial charge on any atom is 0.220 e. The van der Waals surface area contributed by atoms with Gasteiger partial charge in [-0.15, -0.1) is 0 Å². The Hall–Kier alpha value is -0.570. The Bertz CT molecular complexity index is 233. The molecule has 0 bridgehead atoms. The largest absolute Gasteiger partial charge is 0.394 e. The van der Waals surface area contributed by atoms with Gasteiger partial charge in [-0.25, -0.2) is 0 Å². The third-order valence-corrected chi connectivity index (χ3v) is 4.51. The number of hydrogen-bond donors (Lipinski definition) is 2. The number of carbonyl (C=O) groups excluding carboxylic acids is 1. The number of rotatable bonds is 6. The second kappa shape index (κ2) is 7.78. The predicted octanol–water partition coefficient (Wildman–Crippen LogP) is 3.01. The van der Waals surface area contributed by atoms with Crippen LogP contribution in [0.2, 0.25) is 0 Å². The molecule has 18 heavy (non-hydrogen) atoms. The highest BCUT2D eigenvalue weighted by Crippen LogP contribution is 2.26. The van der Waals surface area contributed by atoms with Crippen LogP contribution in [0.3, 0.4) is 0 Å². The van der Waals surface area contributed by atoms with Crippen molar-refractivity contribution in [2.45, 2.75) is 77.2 Å². The van der Waals surface area contributed by atoms with Crippen LogP contribution in [0.25, 0.3) is 0 Å².